The minimum absolute atomic E-state index is 0.396. The molecule has 0 saturated heterocycles. The van der Waals surface area contributed by atoms with Crippen LogP contribution in [0, 0.1) is 0 Å². The van der Waals surface area contributed by atoms with Gasteiger partial charge in [-0.25, -0.2) is 0 Å². The first-order chi connectivity index (χ1) is 8.31. The molecule has 0 aliphatic heterocycles. The molecule has 6 heteroatoms. The van der Waals surface area contributed by atoms with Gasteiger partial charge in [-0.05, 0) is 17.7 Å². The van der Waals surface area contributed by atoms with Crippen molar-refractivity contribution < 1.29 is 9.47 Å². The van der Waals surface area contributed by atoms with Crippen LogP contribution in [-0.2, 0) is 6.54 Å². The van der Waals surface area contributed by atoms with Gasteiger partial charge in [0.25, 0.3) is 0 Å². The number of nitrogens with zero attached hydrogens (tertiary/aromatic N) is 2. The van der Waals surface area contributed by atoms with Gasteiger partial charge in [0.15, 0.2) is 0 Å². The molecule has 1 heterocycles. The predicted molar refractivity (Wildman–Crippen MR) is 66.8 cm³/mol. The number of benzene rings is 1. The van der Waals surface area contributed by atoms with Gasteiger partial charge in [0.1, 0.15) is 5.75 Å². The zero-order chi connectivity index (χ0) is 12.1. The molecule has 0 radical (unpaired) electrons. The van der Waals surface area contributed by atoms with Crippen LogP contribution in [0.3, 0.4) is 0 Å². The lowest BCUT2D eigenvalue weighted by atomic mass is 10.2. The van der Waals surface area contributed by atoms with Crippen LogP contribution < -0.4 is 14.8 Å². The summed E-state index contributed by atoms with van der Waals surface area (Å²) in [6.07, 6.45) is 0. The van der Waals surface area contributed by atoms with Crippen LogP contribution in [-0.4, -0.2) is 23.6 Å². The lowest BCUT2D eigenvalue weighted by Gasteiger charge is -2.03. The number of nitrogens with one attached hydrogen (secondary N) is 1. The minimum atomic E-state index is 0.396. The summed E-state index contributed by atoms with van der Waals surface area (Å²) in [5, 5.41) is 3.93. The Hall–Kier alpha value is -1.82. The molecule has 2 aromatic rings. The second kappa shape index (κ2) is 5.49. The Kier molecular flexibility index (Phi) is 3.77. The van der Waals surface area contributed by atoms with Crippen LogP contribution in [0.15, 0.2) is 24.3 Å². The molecule has 1 aromatic carbocycles. The Morgan fingerprint density at radius 2 is 1.94 bits per heavy atom. The first-order valence-electron chi connectivity index (χ1n) is 5.06. The van der Waals surface area contributed by atoms with Crippen molar-refractivity contribution in [3.8, 4) is 11.8 Å². The summed E-state index contributed by atoms with van der Waals surface area (Å²) in [4.78, 5) is 4.13. The molecule has 5 nitrogen and oxygen atoms in total. The van der Waals surface area contributed by atoms with Crippen molar-refractivity contribution in [3.63, 3.8) is 0 Å². The van der Waals surface area contributed by atoms with Crippen LogP contribution in [0.5, 0.6) is 11.8 Å². The summed E-state index contributed by atoms with van der Waals surface area (Å²) in [5.41, 5.74) is 1.15. The van der Waals surface area contributed by atoms with Crippen molar-refractivity contribution in [2.24, 2.45) is 0 Å². The standard InChI is InChI=1S/C11H13N3O2S/c1-15-9-5-3-8(4-6-9)7-12-11-13-10(16-2)14-17-11/h3-6H,7H2,1-2H3,(H,12,13,14). The quantitative estimate of drug-likeness (QED) is 0.882. The zero-order valence-corrected chi connectivity index (χ0v) is 10.5. The summed E-state index contributed by atoms with van der Waals surface area (Å²) in [7, 11) is 3.20. The first kappa shape index (κ1) is 11.7. The van der Waals surface area contributed by atoms with Gasteiger partial charge >= 0.3 is 6.01 Å². The van der Waals surface area contributed by atoms with E-state index in [4.69, 9.17) is 9.47 Å². The minimum Gasteiger partial charge on any atom is -0.497 e. The molecule has 0 aliphatic rings. The molecule has 0 atom stereocenters. The Labute approximate surface area is 104 Å². The average Bonchev–Trinajstić information content (AvgIpc) is 2.85. The fourth-order valence-corrected chi connectivity index (χ4v) is 1.82. The fourth-order valence-electron chi connectivity index (χ4n) is 1.29. The van der Waals surface area contributed by atoms with E-state index in [1.54, 1.807) is 14.2 Å². The Bertz CT molecular complexity index is 470. The topological polar surface area (TPSA) is 56.3 Å². The molecule has 17 heavy (non-hydrogen) atoms. The highest BCUT2D eigenvalue weighted by atomic mass is 32.1. The van der Waals surface area contributed by atoms with E-state index >= 15 is 0 Å². The van der Waals surface area contributed by atoms with E-state index in [9.17, 15) is 0 Å². The number of hydrogen-bond acceptors (Lipinski definition) is 6. The van der Waals surface area contributed by atoms with Crippen molar-refractivity contribution in [2.75, 3.05) is 19.5 Å². The number of rotatable bonds is 5. The number of anilines is 1. The number of aromatic nitrogens is 2. The van der Waals surface area contributed by atoms with Gasteiger partial charge in [-0.1, -0.05) is 12.1 Å². The highest BCUT2D eigenvalue weighted by Gasteiger charge is 2.02. The summed E-state index contributed by atoms with van der Waals surface area (Å²) in [6.45, 7) is 0.697. The van der Waals surface area contributed by atoms with Gasteiger partial charge in [-0.15, -0.1) is 4.37 Å². The molecular weight excluding hydrogens is 238 g/mol. The summed E-state index contributed by atoms with van der Waals surface area (Å²) in [6, 6.07) is 8.26. The third-order valence-electron chi connectivity index (χ3n) is 2.19. The molecular formula is C11H13N3O2S. The summed E-state index contributed by atoms with van der Waals surface area (Å²) >= 11 is 1.28. The van der Waals surface area contributed by atoms with Gasteiger partial charge < -0.3 is 14.8 Å². The van der Waals surface area contributed by atoms with Crippen molar-refractivity contribution >= 4 is 16.7 Å². The lowest BCUT2D eigenvalue weighted by Crippen LogP contribution is -1.98. The summed E-state index contributed by atoms with van der Waals surface area (Å²) in [5.74, 6) is 0.853. The number of methoxy groups -OCH3 is 2. The van der Waals surface area contributed by atoms with Crippen molar-refractivity contribution in [3.05, 3.63) is 29.8 Å². The largest absolute Gasteiger partial charge is 0.497 e. The number of ether oxygens (including phenoxy) is 2. The van der Waals surface area contributed by atoms with Gasteiger partial charge in [-0.2, -0.15) is 4.98 Å². The molecule has 90 valence electrons. The third kappa shape index (κ3) is 3.07. The van der Waals surface area contributed by atoms with Crippen LogP contribution in [0.1, 0.15) is 5.56 Å². The van der Waals surface area contributed by atoms with Gasteiger partial charge in [-0.3, -0.25) is 0 Å². The van der Waals surface area contributed by atoms with Crippen LogP contribution >= 0.6 is 11.5 Å². The molecule has 1 N–H and O–H groups in total. The summed E-state index contributed by atoms with van der Waals surface area (Å²) < 4.78 is 14.0. The second-order valence-electron chi connectivity index (χ2n) is 3.29. The van der Waals surface area contributed by atoms with Gasteiger partial charge in [0.2, 0.25) is 5.13 Å². The SMILES string of the molecule is COc1ccc(CNc2nc(OC)ns2)cc1. The molecule has 1 aromatic heterocycles. The van der Waals surface area contributed by atoms with E-state index < -0.39 is 0 Å². The lowest BCUT2D eigenvalue weighted by molar-refractivity contribution is 0.386. The van der Waals surface area contributed by atoms with E-state index in [2.05, 4.69) is 14.7 Å². The molecule has 2 rings (SSSR count). The molecule has 0 fully saturated rings. The Morgan fingerprint density at radius 3 is 2.53 bits per heavy atom. The molecule has 0 aliphatic carbocycles. The van der Waals surface area contributed by atoms with E-state index in [0.717, 1.165) is 16.4 Å². The van der Waals surface area contributed by atoms with E-state index in [1.165, 1.54) is 11.5 Å². The van der Waals surface area contributed by atoms with E-state index in [0.29, 0.717) is 12.6 Å². The Morgan fingerprint density at radius 1 is 1.18 bits per heavy atom. The highest BCUT2D eigenvalue weighted by Crippen LogP contribution is 2.17. The maximum Gasteiger partial charge on any atom is 0.329 e. The van der Waals surface area contributed by atoms with E-state index in [-0.39, 0.29) is 0 Å². The maximum absolute atomic E-state index is 5.09. The molecule has 0 amide bonds. The monoisotopic (exact) mass is 251 g/mol. The van der Waals surface area contributed by atoms with Crippen molar-refractivity contribution in [1.82, 2.24) is 9.36 Å². The molecule has 0 unspecified atom stereocenters. The molecule has 0 spiro atoms. The van der Waals surface area contributed by atoms with Crippen LogP contribution in [0.2, 0.25) is 0 Å². The fraction of sp³-hybridized carbons (Fsp3) is 0.273. The third-order valence-corrected chi connectivity index (χ3v) is 2.85. The first-order valence-corrected chi connectivity index (χ1v) is 5.83. The smallest absolute Gasteiger partial charge is 0.329 e. The van der Waals surface area contributed by atoms with Crippen LogP contribution in [0.4, 0.5) is 5.13 Å². The highest BCUT2D eigenvalue weighted by molar-refractivity contribution is 7.09. The molecule has 0 bridgehead atoms. The normalized spacial score (nSPS) is 10.0. The maximum atomic E-state index is 5.09. The average molecular weight is 251 g/mol. The second-order valence-corrected chi connectivity index (χ2v) is 4.04. The van der Waals surface area contributed by atoms with Gasteiger partial charge in [0, 0.05) is 18.1 Å². The molecule has 0 saturated carbocycles. The number of hydrogen-bond donors (Lipinski definition) is 1. The van der Waals surface area contributed by atoms with Crippen LogP contribution in [0.25, 0.3) is 0 Å². The van der Waals surface area contributed by atoms with Crippen molar-refractivity contribution in [1.29, 1.82) is 0 Å². The van der Waals surface area contributed by atoms with Crippen molar-refractivity contribution in [2.45, 2.75) is 6.54 Å². The Balaban J connectivity index is 1.92. The van der Waals surface area contributed by atoms with E-state index in [1.807, 2.05) is 24.3 Å². The van der Waals surface area contributed by atoms with Gasteiger partial charge in [0.05, 0.1) is 14.2 Å². The zero-order valence-electron chi connectivity index (χ0n) is 9.64. The predicted octanol–water partition coefficient (Wildman–Crippen LogP) is 2.17.